The average Bonchev–Trinajstić information content (AvgIpc) is 2.49. The standard InChI is InChI=1S/C18H34O6Si2/c1-9-11-13-21-17(19)15(23-25(3,4)5)16(24-26(6,7)8)18(20)22-14-12-10-2/h9-12,15-16H,13-14H2,1-8H3. The molecule has 0 aromatic heterocycles. The fraction of sp³-hybridized carbons (Fsp3) is 0.667. The van der Waals surface area contributed by atoms with Crippen molar-refractivity contribution in [3.8, 4) is 0 Å². The van der Waals surface area contributed by atoms with Gasteiger partial charge in [-0.05, 0) is 53.1 Å². The van der Waals surface area contributed by atoms with Crippen LogP contribution in [0.5, 0.6) is 0 Å². The molecule has 0 rings (SSSR count). The van der Waals surface area contributed by atoms with Gasteiger partial charge in [0.2, 0.25) is 0 Å². The molecule has 2 atom stereocenters. The van der Waals surface area contributed by atoms with Gasteiger partial charge in [-0.3, -0.25) is 0 Å². The van der Waals surface area contributed by atoms with Crippen molar-refractivity contribution in [2.24, 2.45) is 0 Å². The Balaban J connectivity index is 5.58. The van der Waals surface area contributed by atoms with Gasteiger partial charge in [0.1, 0.15) is 13.2 Å². The normalized spacial score (nSPS) is 15.2. The monoisotopic (exact) mass is 402 g/mol. The summed E-state index contributed by atoms with van der Waals surface area (Å²) in [6.45, 7) is 15.5. The highest BCUT2D eigenvalue weighted by Crippen LogP contribution is 2.19. The lowest BCUT2D eigenvalue weighted by Crippen LogP contribution is -2.52. The smallest absolute Gasteiger partial charge is 0.337 e. The molecule has 0 radical (unpaired) electrons. The molecule has 6 nitrogen and oxygen atoms in total. The van der Waals surface area contributed by atoms with Crippen molar-refractivity contribution in [1.82, 2.24) is 0 Å². The lowest BCUT2D eigenvalue weighted by Gasteiger charge is -2.33. The summed E-state index contributed by atoms with van der Waals surface area (Å²) in [7, 11) is -4.32. The lowest BCUT2D eigenvalue weighted by atomic mass is 10.2. The van der Waals surface area contributed by atoms with Crippen LogP contribution < -0.4 is 0 Å². The predicted octanol–water partition coefficient (Wildman–Crippen LogP) is 3.67. The Kier molecular flexibility index (Phi) is 10.9. The van der Waals surface area contributed by atoms with Crippen LogP contribution in [0.4, 0.5) is 0 Å². The lowest BCUT2D eigenvalue weighted by molar-refractivity contribution is -0.168. The van der Waals surface area contributed by atoms with Crippen LogP contribution in [0.2, 0.25) is 39.3 Å². The third-order valence-corrected chi connectivity index (χ3v) is 4.74. The van der Waals surface area contributed by atoms with Gasteiger partial charge in [0.05, 0.1) is 0 Å². The number of allylic oxidation sites excluding steroid dienone is 2. The van der Waals surface area contributed by atoms with E-state index in [1.807, 2.05) is 53.1 Å². The zero-order valence-electron chi connectivity index (χ0n) is 17.3. The second-order valence-corrected chi connectivity index (χ2v) is 16.6. The number of esters is 2. The molecule has 0 aliphatic carbocycles. The minimum atomic E-state index is -2.16. The highest BCUT2D eigenvalue weighted by atomic mass is 28.4. The molecule has 0 saturated carbocycles. The Labute approximate surface area is 159 Å². The maximum absolute atomic E-state index is 12.6. The quantitative estimate of drug-likeness (QED) is 0.298. The summed E-state index contributed by atoms with van der Waals surface area (Å²) >= 11 is 0. The van der Waals surface area contributed by atoms with Gasteiger partial charge in [-0.2, -0.15) is 0 Å². The highest BCUT2D eigenvalue weighted by molar-refractivity contribution is 6.70. The predicted molar refractivity (Wildman–Crippen MR) is 108 cm³/mol. The Morgan fingerprint density at radius 3 is 1.27 bits per heavy atom. The molecular weight excluding hydrogens is 368 g/mol. The third kappa shape index (κ3) is 11.4. The number of carbonyl (C=O) groups excluding carboxylic acids is 2. The van der Waals surface area contributed by atoms with Gasteiger partial charge in [-0.1, -0.05) is 24.3 Å². The van der Waals surface area contributed by atoms with E-state index < -0.39 is 40.8 Å². The van der Waals surface area contributed by atoms with E-state index in [4.69, 9.17) is 18.3 Å². The highest BCUT2D eigenvalue weighted by Gasteiger charge is 2.42. The molecule has 0 amide bonds. The molecule has 0 heterocycles. The van der Waals surface area contributed by atoms with Crippen molar-refractivity contribution >= 4 is 28.6 Å². The molecule has 26 heavy (non-hydrogen) atoms. The minimum Gasteiger partial charge on any atom is -0.459 e. The first-order valence-corrected chi connectivity index (χ1v) is 15.6. The van der Waals surface area contributed by atoms with Gasteiger partial charge in [-0.15, -0.1) is 0 Å². The van der Waals surface area contributed by atoms with Crippen LogP contribution in [-0.4, -0.2) is 54.0 Å². The average molecular weight is 403 g/mol. The topological polar surface area (TPSA) is 71.1 Å². The number of ether oxygens (including phenoxy) is 2. The van der Waals surface area contributed by atoms with Crippen LogP contribution >= 0.6 is 0 Å². The zero-order chi connectivity index (χ0) is 20.4. The van der Waals surface area contributed by atoms with Crippen LogP contribution in [0.1, 0.15) is 13.8 Å². The van der Waals surface area contributed by atoms with E-state index in [0.717, 1.165) is 0 Å². The van der Waals surface area contributed by atoms with E-state index in [-0.39, 0.29) is 13.2 Å². The molecule has 2 unspecified atom stereocenters. The molecule has 0 bridgehead atoms. The van der Waals surface area contributed by atoms with E-state index in [9.17, 15) is 9.59 Å². The molecule has 0 aliphatic rings. The van der Waals surface area contributed by atoms with Gasteiger partial charge < -0.3 is 18.3 Å². The number of rotatable bonds is 11. The zero-order valence-corrected chi connectivity index (χ0v) is 19.3. The molecule has 150 valence electrons. The fourth-order valence-electron chi connectivity index (χ4n) is 1.85. The van der Waals surface area contributed by atoms with Crippen molar-refractivity contribution in [3.05, 3.63) is 24.3 Å². The summed E-state index contributed by atoms with van der Waals surface area (Å²) in [6, 6.07) is 0. The van der Waals surface area contributed by atoms with Crippen molar-refractivity contribution in [1.29, 1.82) is 0 Å². The van der Waals surface area contributed by atoms with Crippen LogP contribution in [0.3, 0.4) is 0 Å². The van der Waals surface area contributed by atoms with E-state index in [2.05, 4.69) is 0 Å². The molecule has 0 aromatic carbocycles. The van der Waals surface area contributed by atoms with Crippen molar-refractivity contribution in [2.75, 3.05) is 13.2 Å². The van der Waals surface area contributed by atoms with E-state index in [0.29, 0.717) is 0 Å². The van der Waals surface area contributed by atoms with Gasteiger partial charge >= 0.3 is 11.9 Å². The summed E-state index contributed by atoms with van der Waals surface area (Å²) in [4.78, 5) is 25.2. The molecule has 0 spiro atoms. The van der Waals surface area contributed by atoms with Crippen LogP contribution in [0.25, 0.3) is 0 Å². The van der Waals surface area contributed by atoms with Gasteiger partial charge in [-0.25, -0.2) is 9.59 Å². The summed E-state index contributed by atoms with van der Waals surface area (Å²) < 4.78 is 22.5. The van der Waals surface area contributed by atoms with Crippen molar-refractivity contribution in [3.63, 3.8) is 0 Å². The van der Waals surface area contributed by atoms with Gasteiger partial charge in [0, 0.05) is 0 Å². The summed E-state index contributed by atoms with van der Waals surface area (Å²) in [5.74, 6) is -1.23. The maximum atomic E-state index is 12.6. The minimum absolute atomic E-state index is 0.119. The van der Waals surface area contributed by atoms with Crippen LogP contribution in [-0.2, 0) is 27.9 Å². The summed E-state index contributed by atoms with van der Waals surface area (Å²) in [5.41, 5.74) is 0. The number of carbonyl (C=O) groups is 2. The molecule has 0 fully saturated rings. The molecule has 8 heteroatoms. The second kappa shape index (κ2) is 11.5. The molecule has 0 N–H and O–H groups in total. The molecule has 0 aliphatic heterocycles. The first-order valence-electron chi connectivity index (χ1n) is 8.82. The SMILES string of the molecule is CC=CCOC(=O)C(O[Si](C)(C)C)C(O[Si](C)(C)C)C(=O)OCC=CC. The van der Waals surface area contributed by atoms with Crippen LogP contribution in [0, 0.1) is 0 Å². The molecule has 0 saturated heterocycles. The maximum Gasteiger partial charge on any atom is 0.337 e. The van der Waals surface area contributed by atoms with Gasteiger partial charge in [0.25, 0.3) is 0 Å². The molecule has 0 aromatic rings. The van der Waals surface area contributed by atoms with E-state index >= 15 is 0 Å². The number of hydrogen-bond acceptors (Lipinski definition) is 6. The van der Waals surface area contributed by atoms with E-state index in [1.165, 1.54) is 0 Å². The van der Waals surface area contributed by atoms with Crippen molar-refractivity contribution < 1.29 is 27.9 Å². The van der Waals surface area contributed by atoms with Crippen molar-refractivity contribution in [2.45, 2.75) is 65.3 Å². The first kappa shape index (κ1) is 24.8. The van der Waals surface area contributed by atoms with E-state index in [1.54, 1.807) is 24.3 Å². The third-order valence-electron chi connectivity index (χ3n) is 2.82. The Morgan fingerprint density at radius 1 is 0.731 bits per heavy atom. The Morgan fingerprint density at radius 2 is 1.04 bits per heavy atom. The van der Waals surface area contributed by atoms with Crippen LogP contribution in [0.15, 0.2) is 24.3 Å². The number of hydrogen-bond donors (Lipinski definition) is 0. The fourth-order valence-corrected chi connectivity index (χ4v) is 3.81. The Hall–Kier alpha value is -1.23. The summed E-state index contributed by atoms with van der Waals surface area (Å²) in [6.07, 6.45) is 4.70. The summed E-state index contributed by atoms with van der Waals surface area (Å²) in [5, 5.41) is 0. The largest absolute Gasteiger partial charge is 0.459 e. The molecular formula is C18H34O6Si2. The second-order valence-electron chi connectivity index (χ2n) is 7.70. The van der Waals surface area contributed by atoms with Gasteiger partial charge in [0.15, 0.2) is 28.8 Å². The Bertz CT molecular complexity index is 457. The first-order chi connectivity index (χ1) is 11.9.